The van der Waals surface area contributed by atoms with E-state index in [1.807, 2.05) is 19.4 Å². The molecule has 0 amide bonds. The summed E-state index contributed by atoms with van der Waals surface area (Å²) in [5.41, 5.74) is 1.01. The van der Waals surface area contributed by atoms with Crippen LogP contribution in [-0.4, -0.2) is 40.5 Å². The van der Waals surface area contributed by atoms with Gasteiger partial charge in [0.05, 0.1) is 0 Å². The molecule has 1 aliphatic rings. The van der Waals surface area contributed by atoms with Crippen LogP contribution in [0.15, 0.2) is 6.07 Å². The summed E-state index contributed by atoms with van der Waals surface area (Å²) in [4.78, 5) is 9.39. The van der Waals surface area contributed by atoms with Crippen molar-refractivity contribution >= 4 is 11.8 Å². The number of hydrazine groups is 1. The molecule has 2 rings (SSSR count). The molecule has 118 valence electrons. The fourth-order valence-corrected chi connectivity index (χ4v) is 1.99. The second-order valence-electron chi connectivity index (χ2n) is 5.23. The van der Waals surface area contributed by atoms with Crippen molar-refractivity contribution in [3.8, 4) is 0 Å². The number of hydrogen-bond donors (Lipinski definition) is 3. The number of nitrogens with one attached hydrogen (secondary N) is 2. The maximum Gasteiger partial charge on any atom is 0.433 e. The number of nitrogens with zero attached hydrogens (tertiary/aromatic N) is 3. The summed E-state index contributed by atoms with van der Waals surface area (Å²) in [6.07, 6.45) is -2.19. The molecule has 6 nitrogen and oxygen atoms in total. The highest BCUT2D eigenvalue weighted by Crippen LogP contribution is 2.30. The van der Waals surface area contributed by atoms with E-state index in [9.17, 15) is 13.2 Å². The zero-order valence-corrected chi connectivity index (χ0v) is 11.9. The van der Waals surface area contributed by atoms with E-state index in [2.05, 4.69) is 20.2 Å². The van der Waals surface area contributed by atoms with Gasteiger partial charge in [-0.3, -0.25) is 10.3 Å². The van der Waals surface area contributed by atoms with Crippen LogP contribution in [0.4, 0.5) is 24.9 Å². The third-order valence-corrected chi connectivity index (χ3v) is 3.54. The van der Waals surface area contributed by atoms with Gasteiger partial charge in [-0.1, -0.05) is 0 Å². The summed E-state index contributed by atoms with van der Waals surface area (Å²) in [5, 5.41) is 2.91. The molecule has 1 aliphatic carbocycles. The highest BCUT2D eigenvalue weighted by atomic mass is 19.4. The van der Waals surface area contributed by atoms with Crippen molar-refractivity contribution in [1.29, 1.82) is 0 Å². The van der Waals surface area contributed by atoms with Crippen LogP contribution in [0, 0.1) is 0 Å². The van der Waals surface area contributed by atoms with Gasteiger partial charge in [0.15, 0.2) is 5.69 Å². The lowest BCUT2D eigenvalue weighted by atomic mass is 10.3. The minimum Gasteiger partial charge on any atom is -0.368 e. The number of aromatic nitrogens is 2. The van der Waals surface area contributed by atoms with Crippen molar-refractivity contribution in [2.24, 2.45) is 5.84 Å². The molecule has 1 fully saturated rings. The molecular weight excluding hydrogens is 285 g/mol. The van der Waals surface area contributed by atoms with Crippen LogP contribution >= 0.6 is 0 Å². The maximum absolute atomic E-state index is 12.7. The molecule has 0 bridgehead atoms. The molecule has 1 atom stereocenters. The van der Waals surface area contributed by atoms with Crippen LogP contribution < -0.4 is 16.6 Å². The molecule has 1 saturated carbocycles. The molecule has 0 aliphatic heterocycles. The molecule has 0 aromatic carbocycles. The first-order valence-electron chi connectivity index (χ1n) is 6.70. The SMILES string of the molecule is CC(CNc1cc(C(F)(F)F)nc(NN)n1)N(C)C1CC1. The summed E-state index contributed by atoms with van der Waals surface area (Å²) in [7, 11) is 2.01. The molecule has 1 aromatic heterocycles. The van der Waals surface area contributed by atoms with Crippen molar-refractivity contribution in [3.63, 3.8) is 0 Å². The van der Waals surface area contributed by atoms with Gasteiger partial charge in [-0.15, -0.1) is 0 Å². The average molecular weight is 304 g/mol. The number of hydrogen-bond acceptors (Lipinski definition) is 6. The van der Waals surface area contributed by atoms with Crippen molar-refractivity contribution in [2.75, 3.05) is 24.3 Å². The number of rotatable bonds is 6. The van der Waals surface area contributed by atoms with Crippen molar-refractivity contribution in [1.82, 2.24) is 14.9 Å². The Labute approximate surface area is 120 Å². The zero-order chi connectivity index (χ0) is 15.6. The standard InChI is InChI=1S/C12H19F3N6/c1-7(21(2)8-3-4-8)6-17-10-5-9(12(13,14)15)18-11(19-10)20-16/h5,7-8H,3-4,6,16H2,1-2H3,(H2,17,18,19,20). The second kappa shape index (κ2) is 6.02. The van der Waals surface area contributed by atoms with E-state index >= 15 is 0 Å². The van der Waals surface area contributed by atoms with Gasteiger partial charge in [0.25, 0.3) is 0 Å². The van der Waals surface area contributed by atoms with Crippen LogP contribution in [-0.2, 0) is 6.18 Å². The molecule has 1 heterocycles. The summed E-state index contributed by atoms with van der Waals surface area (Å²) in [6.45, 7) is 2.50. The van der Waals surface area contributed by atoms with Gasteiger partial charge in [-0.25, -0.2) is 10.8 Å². The quantitative estimate of drug-likeness (QED) is 0.548. The molecule has 4 N–H and O–H groups in total. The largest absolute Gasteiger partial charge is 0.433 e. The van der Waals surface area contributed by atoms with E-state index in [4.69, 9.17) is 5.84 Å². The van der Waals surface area contributed by atoms with Gasteiger partial charge >= 0.3 is 6.18 Å². The van der Waals surface area contributed by atoms with Gasteiger partial charge in [0.2, 0.25) is 5.95 Å². The number of likely N-dealkylation sites (N-methyl/N-ethyl adjacent to an activating group) is 1. The molecule has 1 aromatic rings. The minimum atomic E-state index is -4.54. The number of nitrogen functional groups attached to an aromatic ring is 1. The Morgan fingerprint density at radius 3 is 2.62 bits per heavy atom. The summed E-state index contributed by atoms with van der Waals surface area (Å²) in [6, 6.07) is 1.65. The molecule has 0 spiro atoms. The van der Waals surface area contributed by atoms with Gasteiger partial charge < -0.3 is 5.32 Å². The van der Waals surface area contributed by atoms with Crippen LogP contribution in [0.25, 0.3) is 0 Å². The van der Waals surface area contributed by atoms with E-state index in [0.717, 1.165) is 6.07 Å². The topological polar surface area (TPSA) is 79.1 Å². The fraction of sp³-hybridized carbons (Fsp3) is 0.667. The minimum absolute atomic E-state index is 0.0984. The van der Waals surface area contributed by atoms with Gasteiger partial charge in [0.1, 0.15) is 5.82 Å². The predicted molar refractivity (Wildman–Crippen MR) is 73.6 cm³/mol. The normalized spacial score (nSPS) is 16.9. The first-order valence-corrected chi connectivity index (χ1v) is 6.70. The Kier molecular flexibility index (Phi) is 4.52. The molecular formula is C12H19F3N6. The molecule has 9 heteroatoms. The van der Waals surface area contributed by atoms with Crippen LogP contribution in [0.5, 0.6) is 0 Å². The third kappa shape index (κ3) is 4.18. The third-order valence-electron chi connectivity index (χ3n) is 3.54. The van der Waals surface area contributed by atoms with E-state index in [-0.39, 0.29) is 17.8 Å². The lowest BCUT2D eigenvalue weighted by Crippen LogP contribution is -2.36. The first kappa shape index (κ1) is 15.8. The lowest BCUT2D eigenvalue weighted by molar-refractivity contribution is -0.141. The van der Waals surface area contributed by atoms with Crippen LogP contribution in [0.3, 0.4) is 0 Å². The molecule has 0 saturated heterocycles. The number of anilines is 2. The lowest BCUT2D eigenvalue weighted by Gasteiger charge is -2.25. The highest BCUT2D eigenvalue weighted by Gasteiger charge is 2.34. The van der Waals surface area contributed by atoms with E-state index in [1.165, 1.54) is 12.8 Å². The average Bonchev–Trinajstić information content (AvgIpc) is 3.27. The molecule has 1 unspecified atom stereocenters. The Bertz CT molecular complexity index is 488. The maximum atomic E-state index is 12.7. The van der Waals surface area contributed by atoms with E-state index in [1.54, 1.807) is 0 Å². The smallest absolute Gasteiger partial charge is 0.368 e. The van der Waals surface area contributed by atoms with E-state index < -0.39 is 11.9 Å². The van der Waals surface area contributed by atoms with Gasteiger partial charge in [0, 0.05) is 24.7 Å². The predicted octanol–water partition coefficient (Wildman–Crippen LogP) is 1.68. The highest BCUT2D eigenvalue weighted by molar-refractivity contribution is 5.42. The van der Waals surface area contributed by atoms with Gasteiger partial charge in [-0.05, 0) is 26.8 Å². The summed E-state index contributed by atoms with van der Waals surface area (Å²) in [5.74, 6) is 4.94. The monoisotopic (exact) mass is 304 g/mol. The van der Waals surface area contributed by atoms with Crippen LogP contribution in [0.1, 0.15) is 25.5 Å². The molecule has 21 heavy (non-hydrogen) atoms. The first-order chi connectivity index (χ1) is 9.81. The Morgan fingerprint density at radius 1 is 1.43 bits per heavy atom. The number of nitrogens with two attached hydrogens (primary N) is 1. The van der Waals surface area contributed by atoms with E-state index in [0.29, 0.717) is 12.6 Å². The Morgan fingerprint density at radius 2 is 2.10 bits per heavy atom. The number of halogens is 3. The Hall–Kier alpha value is -1.61. The Balaban J connectivity index is 2.04. The number of alkyl halides is 3. The fourth-order valence-electron chi connectivity index (χ4n) is 1.99. The van der Waals surface area contributed by atoms with Gasteiger partial charge in [-0.2, -0.15) is 18.2 Å². The van der Waals surface area contributed by atoms with Crippen molar-refractivity contribution < 1.29 is 13.2 Å². The van der Waals surface area contributed by atoms with Crippen molar-refractivity contribution in [2.45, 2.75) is 38.0 Å². The molecule has 0 radical (unpaired) electrons. The van der Waals surface area contributed by atoms with Crippen LogP contribution in [0.2, 0.25) is 0 Å². The zero-order valence-electron chi connectivity index (χ0n) is 11.9. The summed E-state index contributed by atoms with van der Waals surface area (Å²) >= 11 is 0. The second-order valence-corrected chi connectivity index (χ2v) is 5.23. The van der Waals surface area contributed by atoms with Crippen molar-refractivity contribution in [3.05, 3.63) is 11.8 Å². The summed E-state index contributed by atoms with van der Waals surface area (Å²) < 4.78 is 38.2.